The van der Waals surface area contributed by atoms with Gasteiger partial charge in [-0.05, 0) is 138 Å². The summed E-state index contributed by atoms with van der Waals surface area (Å²) in [6.07, 6.45) is 0.911. The van der Waals surface area contributed by atoms with Crippen LogP contribution in [0.25, 0.3) is 0 Å². The Balaban J connectivity index is 0.000000310. The second-order valence-electron chi connectivity index (χ2n) is 15.5. The number of methoxy groups -OCH3 is 2. The summed E-state index contributed by atoms with van der Waals surface area (Å²) < 4.78 is 9.91. The van der Waals surface area contributed by atoms with Gasteiger partial charge in [-0.1, -0.05) is 77.7 Å². The van der Waals surface area contributed by atoms with Gasteiger partial charge in [0.25, 0.3) is 0 Å². The van der Waals surface area contributed by atoms with Gasteiger partial charge in [-0.3, -0.25) is 19.2 Å². The number of rotatable bonds is 18. The fourth-order valence-electron chi connectivity index (χ4n) is 7.32. The Hall–Kier alpha value is -4.18. The molecule has 0 aromatic heterocycles. The van der Waals surface area contributed by atoms with Crippen LogP contribution in [0.5, 0.6) is 0 Å². The van der Waals surface area contributed by atoms with Gasteiger partial charge < -0.3 is 14.6 Å². The number of ether oxygens (including phenoxy) is 2. The van der Waals surface area contributed by atoms with E-state index in [2.05, 4.69) is 50.2 Å². The van der Waals surface area contributed by atoms with Gasteiger partial charge in [-0.25, -0.2) is 0 Å². The highest BCUT2D eigenvalue weighted by Crippen LogP contribution is 2.32. The van der Waals surface area contributed by atoms with Crippen molar-refractivity contribution in [1.82, 2.24) is 0 Å². The molecule has 4 rings (SSSR count). The van der Waals surface area contributed by atoms with Gasteiger partial charge in [0.05, 0.1) is 20.3 Å². The zero-order valence-corrected chi connectivity index (χ0v) is 37.8. The van der Waals surface area contributed by atoms with Gasteiger partial charge >= 0.3 is 11.9 Å². The molecule has 9 heteroatoms. The van der Waals surface area contributed by atoms with Crippen molar-refractivity contribution in [3.63, 3.8) is 0 Å². The van der Waals surface area contributed by atoms with Crippen molar-refractivity contribution < 1.29 is 33.8 Å². The van der Waals surface area contributed by atoms with Crippen molar-refractivity contribution >= 4 is 47.0 Å². The van der Waals surface area contributed by atoms with E-state index in [1.807, 2.05) is 84.9 Å². The molecule has 1 N–H and O–H groups in total. The summed E-state index contributed by atoms with van der Waals surface area (Å²) in [5, 5.41) is 10.4. The van der Waals surface area contributed by atoms with Gasteiger partial charge in [0, 0.05) is 28.4 Å². The number of hydrogen-bond acceptors (Lipinski definition) is 9. The number of carbonyl (C=O) groups excluding carboxylic acids is 4. The first-order chi connectivity index (χ1) is 27.4. The average Bonchev–Trinajstić information content (AvgIpc) is 3.15. The van der Waals surface area contributed by atoms with Crippen LogP contribution >= 0.6 is 23.5 Å². The second-order valence-corrected chi connectivity index (χ2v) is 17.9. The minimum atomic E-state index is -1.000. The van der Waals surface area contributed by atoms with Gasteiger partial charge in [0.15, 0.2) is 11.6 Å². The van der Waals surface area contributed by atoms with E-state index in [0.717, 1.165) is 56.0 Å². The molecule has 0 aliphatic rings. The summed E-state index contributed by atoms with van der Waals surface area (Å²) in [6.45, 7) is 17.9. The Morgan fingerprint density at radius 2 is 0.879 bits per heavy atom. The highest BCUT2D eigenvalue weighted by molar-refractivity contribution is 7.99. The van der Waals surface area contributed by atoms with E-state index in [1.54, 1.807) is 23.5 Å². The van der Waals surface area contributed by atoms with Crippen LogP contribution in [0, 0.1) is 61.3 Å². The second kappa shape index (κ2) is 23.4. The van der Waals surface area contributed by atoms with Crippen molar-refractivity contribution in [2.75, 3.05) is 25.7 Å². The monoisotopic (exact) mass is 826 g/mol. The molecule has 4 aromatic rings. The third-order valence-electron chi connectivity index (χ3n) is 10.2. The molecule has 4 atom stereocenters. The molecular formula is C49H62O7S2. The van der Waals surface area contributed by atoms with Gasteiger partial charge in [-0.2, -0.15) is 0 Å². The first kappa shape index (κ1) is 48.2. The van der Waals surface area contributed by atoms with Crippen LogP contribution in [0.4, 0.5) is 0 Å². The fourth-order valence-corrected chi connectivity index (χ4v) is 9.36. The molecule has 0 bridgehead atoms. The summed E-state index contributed by atoms with van der Waals surface area (Å²) in [7, 11) is 2.64. The Kier molecular flexibility index (Phi) is 19.5. The molecule has 0 heterocycles. The van der Waals surface area contributed by atoms with Crippen molar-refractivity contribution in [2.24, 2.45) is 5.92 Å². The maximum absolute atomic E-state index is 13.1. The quantitative estimate of drug-likeness (QED) is 0.0596. The number of aryl methyl sites for hydroxylation is 8. The molecule has 7 nitrogen and oxygen atoms in total. The zero-order chi connectivity index (χ0) is 43.1. The van der Waals surface area contributed by atoms with Crippen LogP contribution in [0.15, 0.2) is 82.6 Å². The fraction of sp³-hybridized carbons (Fsp3) is 0.429. The number of aliphatic hydroxyl groups is 1. The molecule has 0 saturated heterocycles. The molecular weight excluding hydrogens is 765 g/mol. The largest absolute Gasteiger partial charge is 0.468 e. The van der Waals surface area contributed by atoms with E-state index in [-0.39, 0.29) is 23.9 Å². The number of aliphatic hydroxyl groups excluding tert-OH is 1. The Bertz CT molecular complexity index is 1810. The predicted octanol–water partition coefficient (Wildman–Crippen LogP) is 10.6. The molecule has 0 spiro atoms. The number of ketones is 2. The minimum Gasteiger partial charge on any atom is -0.468 e. The van der Waals surface area contributed by atoms with Crippen molar-refractivity contribution in [3.8, 4) is 0 Å². The predicted molar refractivity (Wildman–Crippen MR) is 238 cm³/mol. The number of thioether (sulfide) groups is 2. The zero-order valence-electron chi connectivity index (χ0n) is 36.2. The number of carbonyl (C=O) groups is 4. The first-order valence-electron chi connectivity index (χ1n) is 19.9. The summed E-state index contributed by atoms with van der Waals surface area (Å²) in [5.74, 6) is -1.39. The average molecular weight is 827 g/mol. The van der Waals surface area contributed by atoms with Crippen molar-refractivity contribution in [2.45, 2.75) is 116 Å². The molecule has 0 aliphatic carbocycles. The third kappa shape index (κ3) is 14.6. The molecule has 0 radical (unpaired) electrons. The Morgan fingerprint density at radius 1 is 0.534 bits per heavy atom. The van der Waals surface area contributed by atoms with Crippen molar-refractivity contribution in [3.05, 3.63) is 128 Å². The van der Waals surface area contributed by atoms with Gasteiger partial charge in [0.1, 0.15) is 11.8 Å². The Morgan fingerprint density at radius 3 is 1.24 bits per heavy atom. The highest BCUT2D eigenvalue weighted by atomic mass is 32.2. The van der Waals surface area contributed by atoms with Gasteiger partial charge in [-0.15, -0.1) is 23.5 Å². The normalized spacial score (nSPS) is 13.0. The lowest BCUT2D eigenvalue weighted by Gasteiger charge is -2.21. The van der Waals surface area contributed by atoms with Gasteiger partial charge in [0.2, 0.25) is 0 Å². The summed E-state index contributed by atoms with van der Waals surface area (Å²) >= 11 is 3.45. The van der Waals surface area contributed by atoms with Crippen LogP contribution in [0.3, 0.4) is 0 Å². The van der Waals surface area contributed by atoms with E-state index in [4.69, 9.17) is 9.47 Å². The molecule has 0 aliphatic heterocycles. The maximum Gasteiger partial charge on any atom is 0.320 e. The molecule has 4 unspecified atom stereocenters. The Labute approximate surface area is 355 Å². The van der Waals surface area contributed by atoms with Crippen LogP contribution in [-0.2, 0) is 28.7 Å². The minimum absolute atomic E-state index is 0.0558. The van der Waals surface area contributed by atoms with Crippen LogP contribution in [0.2, 0.25) is 0 Å². The van der Waals surface area contributed by atoms with E-state index in [0.29, 0.717) is 24.2 Å². The number of Topliss-reactive ketones (excluding diaryl/α,β-unsaturated/α-hetero) is 2. The van der Waals surface area contributed by atoms with E-state index in [9.17, 15) is 24.3 Å². The van der Waals surface area contributed by atoms with Crippen LogP contribution < -0.4 is 0 Å². The number of esters is 2. The molecule has 0 fully saturated rings. The van der Waals surface area contributed by atoms with Crippen LogP contribution in [0.1, 0.15) is 100 Å². The third-order valence-corrected chi connectivity index (χ3v) is 12.3. The van der Waals surface area contributed by atoms with E-state index >= 15 is 0 Å². The SMILES string of the molecule is COC(=O)C(C(=O)CC(C)CCSc1ccc(C)cc1)c1c(C)cc(C)cc1C.COC(=O)C(C(=O)CC(O)CCSc1ccc(C)cc1)c1c(C)cc(C)cc1C. The molecule has 58 heavy (non-hydrogen) atoms. The number of hydrogen-bond donors (Lipinski definition) is 1. The maximum atomic E-state index is 13.1. The van der Waals surface area contributed by atoms with Crippen molar-refractivity contribution in [1.29, 1.82) is 0 Å². The lowest BCUT2D eigenvalue weighted by molar-refractivity contribution is -0.147. The van der Waals surface area contributed by atoms with Crippen LogP contribution in [-0.4, -0.2) is 60.4 Å². The molecule has 312 valence electrons. The summed E-state index contributed by atoms with van der Waals surface area (Å²) in [5.41, 5.74) is 9.85. The molecule has 0 amide bonds. The standard InChI is InChI=1S/C25H32O3S.C24H30O4S/c1-16-7-9-21(10-8-16)29-12-11-17(2)15-22(26)24(25(27)28-6)23-19(4)13-18(3)14-20(23)5;1-15-6-8-20(9-7-15)29-11-10-19(25)14-21(26)23(24(27)28-5)22-17(3)12-16(2)13-18(22)4/h7-10,13-14,17,24H,11-12,15H2,1-6H3;6-9,12-13,19,23,25H,10-11,14H2,1-5H3. The first-order valence-corrected chi connectivity index (χ1v) is 21.9. The number of benzene rings is 4. The van der Waals surface area contributed by atoms with E-state index < -0.39 is 29.9 Å². The topological polar surface area (TPSA) is 107 Å². The summed E-state index contributed by atoms with van der Waals surface area (Å²) in [6, 6.07) is 24.6. The lowest BCUT2D eigenvalue weighted by Crippen LogP contribution is -2.28. The smallest absolute Gasteiger partial charge is 0.320 e. The van der Waals surface area contributed by atoms with E-state index in [1.165, 1.54) is 30.2 Å². The molecule has 0 saturated carbocycles. The lowest BCUT2D eigenvalue weighted by atomic mass is 9.83. The highest BCUT2D eigenvalue weighted by Gasteiger charge is 2.34. The molecule has 4 aromatic carbocycles. The summed E-state index contributed by atoms with van der Waals surface area (Å²) in [4.78, 5) is 53.4.